The quantitative estimate of drug-likeness (QED) is 0.607. The molecule has 0 aromatic heterocycles. The first kappa shape index (κ1) is 9.74. The van der Waals surface area contributed by atoms with Crippen molar-refractivity contribution in [1.82, 2.24) is 0 Å². The molecule has 0 heterocycles. The molecule has 0 fully saturated rings. The second kappa shape index (κ2) is 4.05. The SMILES string of the molecule is N#Cc1ccccc1NC(=O)C(N)=O. The fourth-order valence-electron chi connectivity index (χ4n) is 0.874. The van der Waals surface area contributed by atoms with Gasteiger partial charge in [0, 0.05) is 0 Å². The van der Waals surface area contributed by atoms with Crippen LogP contribution >= 0.6 is 0 Å². The van der Waals surface area contributed by atoms with Crippen LogP contribution in [0.25, 0.3) is 0 Å². The van der Waals surface area contributed by atoms with Crippen molar-refractivity contribution >= 4 is 17.5 Å². The summed E-state index contributed by atoms with van der Waals surface area (Å²) in [6, 6.07) is 8.20. The van der Waals surface area contributed by atoms with Crippen LogP contribution in [0, 0.1) is 11.3 Å². The number of amides is 2. The number of carbonyl (C=O) groups is 2. The lowest BCUT2D eigenvalue weighted by molar-refractivity contribution is -0.134. The van der Waals surface area contributed by atoms with Gasteiger partial charge in [0.2, 0.25) is 0 Å². The summed E-state index contributed by atoms with van der Waals surface area (Å²) < 4.78 is 0. The van der Waals surface area contributed by atoms with E-state index >= 15 is 0 Å². The number of carbonyl (C=O) groups excluding carboxylic acids is 2. The summed E-state index contributed by atoms with van der Waals surface area (Å²) in [5.41, 5.74) is 5.30. The topological polar surface area (TPSA) is 96.0 Å². The molecule has 0 saturated heterocycles. The molecule has 14 heavy (non-hydrogen) atoms. The number of nitriles is 1. The second-order valence-electron chi connectivity index (χ2n) is 2.48. The van der Waals surface area contributed by atoms with Crippen LogP contribution in [-0.4, -0.2) is 11.8 Å². The van der Waals surface area contributed by atoms with Gasteiger partial charge in [0.05, 0.1) is 11.3 Å². The molecule has 1 aromatic rings. The molecule has 5 heteroatoms. The van der Waals surface area contributed by atoms with E-state index in [0.29, 0.717) is 0 Å². The van der Waals surface area contributed by atoms with Gasteiger partial charge in [0.1, 0.15) is 6.07 Å². The zero-order chi connectivity index (χ0) is 10.6. The fourth-order valence-corrected chi connectivity index (χ4v) is 0.874. The molecule has 1 aromatic carbocycles. The standard InChI is InChI=1S/C9H7N3O2/c10-5-6-3-1-2-4-7(6)12-9(14)8(11)13/h1-4H,(H2,11,13)(H,12,14). The van der Waals surface area contributed by atoms with Crippen LogP contribution in [0.5, 0.6) is 0 Å². The van der Waals surface area contributed by atoms with E-state index in [1.54, 1.807) is 12.1 Å². The minimum absolute atomic E-state index is 0.277. The lowest BCUT2D eigenvalue weighted by Crippen LogP contribution is -2.29. The normalized spacial score (nSPS) is 8.79. The first-order chi connectivity index (χ1) is 6.65. The fraction of sp³-hybridized carbons (Fsp3) is 0. The van der Waals surface area contributed by atoms with E-state index in [9.17, 15) is 9.59 Å². The number of hydrogen-bond donors (Lipinski definition) is 2. The van der Waals surface area contributed by atoms with Gasteiger partial charge >= 0.3 is 11.8 Å². The van der Waals surface area contributed by atoms with Gasteiger partial charge in [-0.15, -0.1) is 0 Å². The van der Waals surface area contributed by atoms with Crippen LogP contribution in [0.4, 0.5) is 5.69 Å². The highest BCUT2D eigenvalue weighted by Gasteiger charge is 2.10. The average molecular weight is 189 g/mol. The van der Waals surface area contributed by atoms with Gasteiger partial charge < -0.3 is 11.1 Å². The van der Waals surface area contributed by atoms with Gasteiger partial charge in [0.25, 0.3) is 0 Å². The van der Waals surface area contributed by atoms with Crippen LogP contribution in [0.15, 0.2) is 24.3 Å². The van der Waals surface area contributed by atoms with E-state index < -0.39 is 11.8 Å². The lowest BCUT2D eigenvalue weighted by Gasteiger charge is -2.03. The van der Waals surface area contributed by atoms with Crippen molar-refractivity contribution in [3.05, 3.63) is 29.8 Å². The van der Waals surface area contributed by atoms with Gasteiger partial charge in [-0.05, 0) is 12.1 Å². The van der Waals surface area contributed by atoms with E-state index in [4.69, 9.17) is 11.0 Å². The molecule has 5 nitrogen and oxygen atoms in total. The second-order valence-corrected chi connectivity index (χ2v) is 2.48. The predicted molar refractivity (Wildman–Crippen MR) is 49.0 cm³/mol. The first-order valence-electron chi connectivity index (χ1n) is 3.75. The van der Waals surface area contributed by atoms with E-state index in [0.717, 1.165) is 0 Å². The molecule has 0 aliphatic carbocycles. The Labute approximate surface area is 80.1 Å². The van der Waals surface area contributed by atoms with Crippen molar-refractivity contribution in [3.63, 3.8) is 0 Å². The third-order valence-electron chi connectivity index (χ3n) is 1.52. The lowest BCUT2D eigenvalue weighted by atomic mass is 10.2. The maximum atomic E-state index is 10.9. The minimum atomic E-state index is -1.09. The number of nitrogens with zero attached hydrogens (tertiary/aromatic N) is 1. The largest absolute Gasteiger partial charge is 0.361 e. The third kappa shape index (κ3) is 2.08. The molecule has 0 aliphatic heterocycles. The molecule has 0 radical (unpaired) electrons. The predicted octanol–water partition coefficient (Wildman–Crippen LogP) is -0.0179. The Kier molecular flexibility index (Phi) is 2.82. The van der Waals surface area contributed by atoms with Crippen LogP contribution < -0.4 is 11.1 Å². The number of hydrogen-bond acceptors (Lipinski definition) is 3. The Hall–Kier alpha value is -2.35. The molecule has 0 aliphatic rings. The van der Waals surface area contributed by atoms with Gasteiger partial charge in [-0.25, -0.2) is 0 Å². The molecular formula is C9H7N3O2. The molecule has 0 saturated carbocycles. The maximum absolute atomic E-state index is 10.9. The third-order valence-corrected chi connectivity index (χ3v) is 1.52. The molecule has 2 amide bonds. The van der Waals surface area contributed by atoms with Gasteiger partial charge in [-0.2, -0.15) is 5.26 Å². The summed E-state index contributed by atoms with van der Waals surface area (Å²) in [5.74, 6) is -2.02. The zero-order valence-corrected chi connectivity index (χ0v) is 7.15. The zero-order valence-electron chi connectivity index (χ0n) is 7.15. The Morgan fingerprint density at radius 3 is 2.57 bits per heavy atom. The van der Waals surface area contributed by atoms with Gasteiger partial charge in [-0.1, -0.05) is 12.1 Å². The Morgan fingerprint density at radius 2 is 2.00 bits per heavy atom. The monoisotopic (exact) mass is 189 g/mol. The molecular weight excluding hydrogens is 182 g/mol. The van der Waals surface area contributed by atoms with E-state index in [1.807, 2.05) is 6.07 Å². The van der Waals surface area contributed by atoms with E-state index in [2.05, 4.69) is 5.32 Å². The average Bonchev–Trinajstić information content (AvgIpc) is 2.18. The van der Waals surface area contributed by atoms with Gasteiger partial charge in [-0.3, -0.25) is 9.59 Å². The van der Waals surface area contributed by atoms with Crippen LogP contribution in [0.3, 0.4) is 0 Å². The van der Waals surface area contributed by atoms with Crippen LogP contribution in [0.1, 0.15) is 5.56 Å². The van der Waals surface area contributed by atoms with Crippen molar-refractivity contribution in [1.29, 1.82) is 5.26 Å². The molecule has 1 rings (SSSR count). The van der Waals surface area contributed by atoms with E-state index in [1.165, 1.54) is 12.1 Å². The minimum Gasteiger partial charge on any atom is -0.361 e. The van der Waals surface area contributed by atoms with Gasteiger partial charge in [0.15, 0.2) is 0 Å². The molecule has 0 unspecified atom stereocenters. The molecule has 0 atom stereocenters. The highest BCUT2D eigenvalue weighted by atomic mass is 16.2. The first-order valence-corrected chi connectivity index (χ1v) is 3.75. The summed E-state index contributed by atoms with van der Waals surface area (Å²) in [7, 11) is 0. The highest BCUT2D eigenvalue weighted by Crippen LogP contribution is 2.12. The number of primary amides is 1. The van der Waals surface area contributed by atoms with Crippen molar-refractivity contribution in [2.45, 2.75) is 0 Å². The smallest absolute Gasteiger partial charge is 0.313 e. The summed E-state index contributed by atoms with van der Waals surface area (Å²) in [6.45, 7) is 0. The number of para-hydroxylation sites is 1. The van der Waals surface area contributed by atoms with Crippen molar-refractivity contribution < 1.29 is 9.59 Å². The number of nitrogens with one attached hydrogen (secondary N) is 1. The summed E-state index contributed by atoms with van der Waals surface area (Å²) in [6.07, 6.45) is 0. The Balaban J connectivity index is 2.93. The molecule has 0 spiro atoms. The van der Waals surface area contributed by atoms with Crippen LogP contribution in [-0.2, 0) is 9.59 Å². The number of rotatable bonds is 1. The molecule has 0 bridgehead atoms. The Bertz CT molecular complexity index is 420. The summed E-state index contributed by atoms with van der Waals surface area (Å²) in [5, 5.41) is 10.9. The summed E-state index contributed by atoms with van der Waals surface area (Å²) in [4.78, 5) is 21.3. The maximum Gasteiger partial charge on any atom is 0.313 e. The summed E-state index contributed by atoms with van der Waals surface area (Å²) >= 11 is 0. The molecule has 70 valence electrons. The van der Waals surface area contributed by atoms with Crippen LogP contribution in [0.2, 0.25) is 0 Å². The molecule has 3 N–H and O–H groups in total. The van der Waals surface area contributed by atoms with Crippen molar-refractivity contribution in [2.75, 3.05) is 5.32 Å². The van der Waals surface area contributed by atoms with Crippen molar-refractivity contribution in [2.24, 2.45) is 5.73 Å². The number of anilines is 1. The van der Waals surface area contributed by atoms with Crippen molar-refractivity contribution in [3.8, 4) is 6.07 Å². The van der Waals surface area contributed by atoms with E-state index in [-0.39, 0.29) is 11.3 Å². The highest BCUT2D eigenvalue weighted by molar-refractivity contribution is 6.39. The Morgan fingerprint density at radius 1 is 1.36 bits per heavy atom. The number of benzene rings is 1. The number of nitrogens with two attached hydrogens (primary N) is 1.